The lowest BCUT2D eigenvalue weighted by Gasteiger charge is -2.47. The lowest BCUT2D eigenvalue weighted by atomic mass is 9.80. The van der Waals surface area contributed by atoms with Gasteiger partial charge in [-0.25, -0.2) is 9.18 Å². The third kappa shape index (κ3) is 4.03. The molecule has 2 aliphatic rings. The summed E-state index contributed by atoms with van der Waals surface area (Å²) in [5.74, 6) is -0.979. The number of Topliss-reactive ketones (excluding diaryl/α,β-unsaturated/α-hetero) is 1. The van der Waals surface area contributed by atoms with E-state index in [0.717, 1.165) is 5.56 Å². The van der Waals surface area contributed by atoms with Gasteiger partial charge in [-0.2, -0.15) is 0 Å². The van der Waals surface area contributed by atoms with E-state index in [1.807, 2.05) is 30.3 Å². The Morgan fingerprint density at radius 1 is 1.07 bits per heavy atom. The second-order valence-corrected chi connectivity index (χ2v) is 7.76. The first-order chi connectivity index (χ1) is 14.0. The van der Waals surface area contributed by atoms with Crippen LogP contribution in [0.5, 0.6) is 0 Å². The van der Waals surface area contributed by atoms with Gasteiger partial charge in [0, 0.05) is 5.92 Å². The number of morpholine rings is 1. The normalized spacial score (nSPS) is 23.5. The predicted octanol–water partition coefficient (Wildman–Crippen LogP) is 4.13. The zero-order valence-electron chi connectivity index (χ0n) is 16.3. The summed E-state index contributed by atoms with van der Waals surface area (Å²) in [4.78, 5) is 27.4. The molecule has 5 nitrogen and oxygen atoms in total. The number of hydrogen-bond acceptors (Lipinski definition) is 4. The average molecular weight is 397 g/mol. The molecular weight excluding hydrogens is 373 g/mol. The van der Waals surface area contributed by atoms with Crippen LogP contribution in [0, 0.1) is 18.7 Å². The first kappa shape index (κ1) is 19.6. The van der Waals surface area contributed by atoms with Crippen LogP contribution in [0.25, 0.3) is 0 Å². The van der Waals surface area contributed by atoms with Gasteiger partial charge in [0.05, 0.1) is 30.9 Å². The Kier molecular flexibility index (Phi) is 5.62. The monoisotopic (exact) mass is 397 g/mol. The first-order valence-corrected chi connectivity index (χ1v) is 9.90. The third-order valence-corrected chi connectivity index (χ3v) is 5.76. The SMILES string of the molecule is Cc1cccc(C(=O)C2CC3COCC(C2)N3C(=O)OCc2ccccc2)c1F. The molecule has 0 saturated carbocycles. The van der Waals surface area contributed by atoms with Gasteiger partial charge in [-0.1, -0.05) is 42.5 Å². The van der Waals surface area contributed by atoms with Gasteiger partial charge in [0.15, 0.2) is 5.78 Å². The van der Waals surface area contributed by atoms with Crippen LogP contribution >= 0.6 is 0 Å². The average Bonchev–Trinajstić information content (AvgIpc) is 2.73. The Balaban J connectivity index is 1.45. The number of rotatable bonds is 4. The van der Waals surface area contributed by atoms with Crippen molar-refractivity contribution in [3.8, 4) is 0 Å². The molecule has 2 heterocycles. The number of fused-ring (bicyclic) bond motifs is 2. The Morgan fingerprint density at radius 2 is 1.76 bits per heavy atom. The van der Waals surface area contributed by atoms with Crippen molar-refractivity contribution in [1.82, 2.24) is 4.90 Å². The highest BCUT2D eigenvalue weighted by Gasteiger charge is 2.44. The van der Waals surface area contributed by atoms with Crippen LogP contribution in [-0.2, 0) is 16.1 Å². The number of ether oxygens (including phenoxy) is 2. The highest BCUT2D eigenvalue weighted by Crippen LogP contribution is 2.34. The van der Waals surface area contributed by atoms with E-state index in [0.29, 0.717) is 31.6 Å². The summed E-state index contributed by atoms with van der Waals surface area (Å²) in [5, 5.41) is 0. The van der Waals surface area contributed by atoms with Gasteiger partial charge in [0.1, 0.15) is 12.4 Å². The topological polar surface area (TPSA) is 55.8 Å². The highest BCUT2D eigenvalue weighted by molar-refractivity contribution is 5.98. The van der Waals surface area contributed by atoms with Crippen LogP contribution in [-0.4, -0.2) is 42.1 Å². The summed E-state index contributed by atoms with van der Waals surface area (Å²) in [6.07, 6.45) is 0.506. The molecule has 2 saturated heterocycles. The Morgan fingerprint density at radius 3 is 2.45 bits per heavy atom. The van der Waals surface area contributed by atoms with Crippen molar-refractivity contribution in [1.29, 1.82) is 0 Å². The van der Waals surface area contributed by atoms with E-state index in [9.17, 15) is 14.0 Å². The van der Waals surface area contributed by atoms with Gasteiger partial charge in [0.2, 0.25) is 0 Å². The summed E-state index contributed by atoms with van der Waals surface area (Å²) >= 11 is 0. The number of hydrogen-bond donors (Lipinski definition) is 0. The molecule has 29 heavy (non-hydrogen) atoms. The fraction of sp³-hybridized carbons (Fsp3) is 0.391. The zero-order chi connectivity index (χ0) is 20.4. The second kappa shape index (κ2) is 8.33. The van der Waals surface area contributed by atoms with Crippen molar-refractivity contribution in [2.24, 2.45) is 5.92 Å². The quantitative estimate of drug-likeness (QED) is 0.728. The molecule has 2 unspecified atom stereocenters. The Bertz CT molecular complexity index is 887. The van der Waals surface area contributed by atoms with Crippen LogP contribution in [0.1, 0.15) is 34.3 Å². The van der Waals surface area contributed by atoms with Crippen LogP contribution in [0.2, 0.25) is 0 Å². The van der Waals surface area contributed by atoms with Crippen LogP contribution in [0.4, 0.5) is 9.18 Å². The van der Waals surface area contributed by atoms with Gasteiger partial charge in [0.25, 0.3) is 0 Å². The summed E-state index contributed by atoms with van der Waals surface area (Å²) in [7, 11) is 0. The molecule has 0 aliphatic carbocycles. The van der Waals surface area contributed by atoms with E-state index in [2.05, 4.69) is 0 Å². The molecule has 152 valence electrons. The van der Waals surface area contributed by atoms with Crippen LogP contribution in [0.3, 0.4) is 0 Å². The lowest BCUT2D eigenvalue weighted by Crippen LogP contribution is -2.60. The summed E-state index contributed by atoms with van der Waals surface area (Å²) in [6.45, 7) is 2.57. The van der Waals surface area contributed by atoms with E-state index in [4.69, 9.17) is 9.47 Å². The van der Waals surface area contributed by atoms with Crippen molar-refractivity contribution in [2.45, 2.75) is 38.5 Å². The summed E-state index contributed by atoms with van der Waals surface area (Å²) in [5.41, 5.74) is 1.51. The molecule has 0 radical (unpaired) electrons. The number of piperidine rings is 1. The molecule has 0 spiro atoms. The third-order valence-electron chi connectivity index (χ3n) is 5.76. The van der Waals surface area contributed by atoms with Gasteiger partial charge >= 0.3 is 6.09 Å². The molecule has 2 aromatic rings. The fourth-order valence-electron chi connectivity index (χ4n) is 4.28. The molecule has 4 rings (SSSR count). The van der Waals surface area contributed by atoms with E-state index in [1.54, 1.807) is 24.0 Å². The van der Waals surface area contributed by atoms with Gasteiger partial charge < -0.3 is 9.47 Å². The van der Waals surface area contributed by atoms with Gasteiger partial charge in [-0.05, 0) is 37.0 Å². The largest absolute Gasteiger partial charge is 0.445 e. The number of nitrogens with zero attached hydrogens (tertiary/aromatic N) is 1. The Labute approximate surface area is 169 Å². The molecule has 2 fully saturated rings. The summed E-state index contributed by atoms with van der Waals surface area (Å²) in [6, 6.07) is 13.9. The molecule has 1 amide bonds. The van der Waals surface area contributed by atoms with Crippen molar-refractivity contribution in [2.75, 3.05) is 13.2 Å². The Hall–Kier alpha value is -2.73. The number of aryl methyl sites for hydroxylation is 1. The fourth-order valence-corrected chi connectivity index (χ4v) is 4.28. The highest BCUT2D eigenvalue weighted by atomic mass is 19.1. The van der Waals surface area contributed by atoms with Crippen LogP contribution < -0.4 is 0 Å². The standard InChI is InChI=1S/C23H24FNO4/c1-15-6-5-9-20(21(15)24)22(26)17-10-18-13-28-14-19(11-17)25(18)23(27)29-12-16-7-3-2-4-8-16/h2-9,17-19H,10-14H2,1H3. The lowest BCUT2D eigenvalue weighted by molar-refractivity contribution is -0.0755. The number of amides is 1. The maximum Gasteiger partial charge on any atom is 0.410 e. The predicted molar refractivity (Wildman–Crippen MR) is 105 cm³/mol. The molecule has 0 aromatic heterocycles. The number of halogens is 1. The van der Waals surface area contributed by atoms with Crippen molar-refractivity contribution in [3.05, 3.63) is 71.0 Å². The van der Waals surface area contributed by atoms with Crippen molar-refractivity contribution >= 4 is 11.9 Å². The van der Waals surface area contributed by atoms with Crippen molar-refractivity contribution in [3.63, 3.8) is 0 Å². The number of carbonyl (C=O) groups excluding carboxylic acids is 2. The molecule has 2 aromatic carbocycles. The maximum absolute atomic E-state index is 14.4. The van der Waals surface area contributed by atoms with Gasteiger partial charge in [-0.3, -0.25) is 9.69 Å². The number of carbonyl (C=O) groups is 2. The molecule has 2 bridgehead atoms. The molecule has 6 heteroatoms. The summed E-state index contributed by atoms with van der Waals surface area (Å²) < 4.78 is 25.6. The number of ketones is 1. The number of benzene rings is 2. The molecule has 0 N–H and O–H groups in total. The minimum absolute atomic E-state index is 0.133. The smallest absolute Gasteiger partial charge is 0.410 e. The molecule has 2 atom stereocenters. The first-order valence-electron chi connectivity index (χ1n) is 9.90. The molecular formula is C23H24FNO4. The van der Waals surface area contributed by atoms with Crippen LogP contribution in [0.15, 0.2) is 48.5 Å². The minimum atomic E-state index is -0.455. The van der Waals surface area contributed by atoms with E-state index in [1.165, 1.54) is 6.07 Å². The van der Waals surface area contributed by atoms with E-state index < -0.39 is 5.82 Å². The maximum atomic E-state index is 14.4. The van der Waals surface area contributed by atoms with E-state index >= 15 is 0 Å². The van der Waals surface area contributed by atoms with E-state index in [-0.39, 0.29) is 42.0 Å². The zero-order valence-corrected chi connectivity index (χ0v) is 16.3. The molecule has 2 aliphatic heterocycles. The van der Waals surface area contributed by atoms with Gasteiger partial charge in [-0.15, -0.1) is 0 Å². The van der Waals surface area contributed by atoms with Crippen molar-refractivity contribution < 1.29 is 23.5 Å². The second-order valence-electron chi connectivity index (χ2n) is 7.76. The minimum Gasteiger partial charge on any atom is -0.445 e.